The SMILES string of the molecule is O[C@H]1CCC(F)(F)C[C@H]1[C@@H]1c2ccccc2-c2cncn21. The Bertz CT molecular complexity index is 682. The Kier molecular flexibility index (Phi) is 2.70. The summed E-state index contributed by atoms with van der Waals surface area (Å²) < 4.78 is 29.6. The number of nitrogens with zero attached hydrogens (tertiary/aromatic N) is 2. The third-order valence-corrected chi connectivity index (χ3v) is 4.76. The van der Waals surface area contributed by atoms with E-state index in [2.05, 4.69) is 4.98 Å². The van der Waals surface area contributed by atoms with E-state index in [0.717, 1.165) is 16.8 Å². The van der Waals surface area contributed by atoms with Crippen LogP contribution in [0.3, 0.4) is 0 Å². The highest BCUT2D eigenvalue weighted by atomic mass is 19.3. The van der Waals surface area contributed by atoms with Crippen LogP contribution in [0.25, 0.3) is 11.3 Å². The van der Waals surface area contributed by atoms with Crippen molar-refractivity contribution in [3.05, 3.63) is 42.4 Å². The van der Waals surface area contributed by atoms with Crippen LogP contribution in [-0.4, -0.2) is 26.7 Å². The summed E-state index contributed by atoms with van der Waals surface area (Å²) in [6.45, 7) is 0. The van der Waals surface area contributed by atoms with Crippen molar-refractivity contribution in [1.29, 1.82) is 0 Å². The summed E-state index contributed by atoms with van der Waals surface area (Å²) in [5.74, 6) is -3.17. The topological polar surface area (TPSA) is 38.1 Å². The van der Waals surface area contributed by atoms with E-state index in [1.807, 2.05) is 28.8 Å². The van der Waals surface area contributed by atoms with Gasteiger partial charge in [-0.05, 0) is 12.0 Å². The quantitative estimate of drug-likeness (QED) is 0.875. The predicted octanol–water partition coefficient (Wildman–Crippen LogP) is 3.25. The molecule has 21 heavy (non-hydrogen) atoms. The lowest BCUT2D eigenvalue weighted by Gasteiger charge is -2.37. The van der Waals surface area contributed by atoms with E-state index in [1.54, 1.807) is 12.5 Å². The molecule has 1 N–H and O–H groups in total. The predicted molar refractivity (Wildman–Crippen MR) is 74.1 cm³/mol. The van der Waals surface area contributed by atoms with Gasteiger partial charge in [0.05, 0.1) is 30.4 Å². The van der Waals surface area contributed by atoms with Crippen LogP contribution < -0.4 is 0 Å². The highest BCUT2D eigenvalue weighted by Crippen LogP contribution is 2.49. The fourth-order valence-electron chi connectivity index (χ4n) is 3.79. The summed E-state index contributed by atoms with van der Waals surface area (Å²) in [5.41, 5.74) is 2.98. The molecule has 1 saturated carbocycles. The van der Waals surface area contributed by atoms with Gasteiger partial charge in [0.1, 0.15) is 0 Å². The molecule has 110 valence electrons. The minimum absolute atomic E-state index is 0.153. The number of rotatable bonds is 1. The van der Waals surface area contributed by atoms with Crippen LogP contribution in [-0.2, 0) is 0 Å². The van der Waals surface area contributed by atoms with Crippen LogP contribution >= 0.6 is 0 Å². The highest BCUT2D eigenvalue weighted by Gasteiger charge is 2.47. The first-order valence-corrected chi connectivity index (χ1v) is 7.24. The normalized spacial score (nSPS) is 30.0. The fourth-order valence-corrected chi connectivity index (χ4v) is 3.79. The number of aromatic nitrogens is 2. The number of alkyl halides is 2. The number of aliphatic hydroxyl groups is 1. The molecule has 3 atom stereocenters. The number of imidazole rings is 1. The largest absolute Gasteiger partial charge is 0.393 e. The van der Waals surface area contributed by atoms with Gasteiger partial charge in [-0.2, -0.15) is 0 Å². The number of benzene rings is 1. The molecule has 4 rings (SSSR count). The molecule has 0 bridgehead atoms. The van der Waals surface area contributed by atoms with Crippen LogP contribution in [0.2, 0.25) is 0 Å². The van der Waals surface area contributed by atoms with Gasteiger partial charge in [-0.3, -0.25) is 0 Å². The minimum Gasteiger partial charge on any atom is -0.393 e. The Labute approximate surface area is 121 Å². The van der Waals surface area contributed by atoms with E-state index in [4.69, 9.17) is 0 Å². The zero-order chi connectivity index (χ0) is 14.6. The molecule has 0 radical (unpaired) electrons. The van der Waals surface area contributed by atoms with Crippen LogP contribution in [0.4, 0.5) is 8.78 Å². The third-order valence-electron chi connectivity index (χ3n) is 4.76. The number of halogens is 2. The number of aliphatic hydroxyl groups excluding tert-OH is 1. The highest BCUT2D eigenvalue weighted by molar-refractivity contribution is 5.69. The Morgan fingerprint density at radius 3 is 2.95 bits per heavy atom. The molecule has 3 nitrogen and oxygen atoms in total. The van der Waals surface area contributed by atoms with Crippen molar-refractivity contribution in [2.24, 2.45) is 5.92 Å². The second-order valence-corrected chi connectivity index (χ2v) is 6.05. The standard InChI is InChI=1S/C16H16F2N2O/c17-16(18)6-5-14(21)12(7-16)15-11-4-2-1-3-10(11)13-8-19-9-20(13)15/h1-4,8-9,12,14-15,21H,5-7H2/t12-,14+,15+/m1/s1. The zero-order valence-corrected chi connectivity index (χ0v) is 11.4. The number of hydrogen-bond acceptors (Lipinski definition) is 2. The van der Waals surface area contributed by atoms with Gasteiger partial charge in [-0.25, -0.2) is 13.8 Å². The lowest BCUT2D eigenvalue weighted by Crippen LogP contribution is -2.40. The van der Waals surface area contributed by atoms with Gasteiger partial charge < -0.3 is 9.67 Å². The zero-order valence-electron chi connectivity index (χ0n) is 11.4. The second-order valence-electron chi connectivity index (χ2n) is 6.05. The molecule has 0 saturated heterocycles. The molecule has 2 aliphatic rings. The van der Waals surface area contributed by atoms with E-state index >= 15 is 0 Å². The minimum atomic E-state index is -2.69. The summed E-state index contributed by atoms with van der Waals surface area (Å²) in [7, 11) is 0. The average molecular weight is 290 g/mol. The molecular formula is C16H16F2N2O. The molecule has 0 spiro atoms. The Morgan fingerprint density at radius 2 is 2.10 bits per heavy atom. The molecular weight excluding hydrogens is 274 g/mol. The molecule has 2 aromatic rings. The first-order chi connectivity index (χ1) is 10.1. The molecule has 2 heterocycles. The molecule has 0 amide bonds. The first kappa shape index (κ1) is 13.0. The van der Waals surface area contributed by atoms with Crippen LogP contribution in [0, 0.1) is 5.92 Å². The van der Waals surface area contributed by atoms with Crippen LogP contribution in [0.1, 0.15) is 30.9 Å². The maximum absolute atomic E-state index is 13.8. The lowest BCUT2D eigenvalue weighted by atomic mass is 9.77. The molecule has 1 aromatic carbocycles. The molecule has 0 unspecified atom stereocenters. The van der Waals surface area contributed by atoms with Gasteiger partial charge in [0.25, 0.3) is 0 Å². The summed E-state index contributed by atoms with van der Waals surface area (Å²) in [6, 6.07) is 7.55. The van der Waals surface area contributed by atoms with Crippen LogP contribution in [0.5, 0.6) is 0 Å². The van der Waals surface area contributed by atoms with Crippen molar-refractivity contribution in [2.75, 3.05) is 0 Å². The van der Waals surface area contributed by atoms with Crippen LogP contribution in [0.15, 0.2) is 36.8 Å². The molecule has 1 fully saturated rings. The van der Waals surface area contributed by atoms with Gasteiger partial charge in [0, 0.05) is 24.3 Å². The van der Waals surface area contributed by atoms with Crippen molar-refractivity contribution in [3.8, 4) is 11.3 Å². The Balaban J connectivity index is 1.82. The Morgan fingerprint density at radius 1 is 1.29 bits per heavy atom. The fraction of sp³-hybridized carbons (Fsp3) is 0.438. The van der Waals surface area contributed by atoms with E-state index < -0.39 is 17.9 Å². The molecule has 1 aliphatic carbocycles. The van der Waals surface area contributed by atoms with Gasteiger partial charge in [0.15, 0.2) is 0 Å². The van der Waals surface area contributed by atoms with Gasteiger partial charge >= 0.3 is 0 Å². The summed E-state index contributed by atoms with van der Waals surface area (Å²) in [4.78, 5) is 4.14. The van der Waals surface area contributed by atoms with Crippen molar-refractivity contribution in [1.82, 2.24) is 9.55 Å². The Hall–Kier alpha value is -1.75. The maximum atomic E-state index is 13.8. The van der Waals surface area contributed by atoms with E-state index in [0.29, 0.717) is 0 Å². The van der Waals surface area contributed by atoms with Crippen molar-refractivity contribution in [3.63, 3.8) is 0 Å². The van der Waals surface area contributed by atoms with Gasteiger partial charge in [-0.15, -0.1) is 0 Å². The average Bonchev–Trinajstić information content (AvgIpc) is 3.02. The third kappa shape index (κ3) is 1.91. The van der Waals surface area contributed by atoms with E-state index in [-0.39, 0.29) is 25.3 Å². The molecule has 1 aliphatic heterocycles. The van der Waals surface area contributed by atoms with Crippen molar-refractivity contribution < 1.29 is 13.9 Å². The van der Waals surface area contributed by atoms with E-state index in [9.17, 15) is 13.9 Å². The number of fused-ring (bicyclic) bond motifs is 3. The molecule has 5 heteroatoms. The molecule has 1 aromatic heterocycles. The van der Waals surface area contributed by atoms with Crippen molar-refractivity contribution in [2.45, 2.75) is 37.3 Å². The van der Waals surface area contributed by atoms with Crippen molar-refractivity contribution >= 4 is 0 Å². The lowest BCUT2D eigenvalue weighted by molar-refractivity contribution is -0.0990. The van der Waals surface area contributed by atoms with Gasteiger partial charge in [-0.1, -0.05) is 24.3 Å². The second kappa shape index (κ2) is 4.37. The summed E-state index contributed by atoms with van der Waals surface area (Å²) in [5, 5.41) is 10.3. The van der Waals surface area contributed by atoms with E-state index in [1.165, 1.54) is 0 Å². The monoisotopic (exact) mass is 290 g/mol. The maximum Gasteiger partial charge on any atom is 0.248 e. The summed E-state index contributed by atoms with van der Waals surface area (Å²) in [6.07, 6.45) is 2.39. The van der Waals surface area contributed by atoms with Gasteiger partial charge in [0.2, 0.25) is 5.92 Å². The first-order valence-electron chi connectivity index (χ1n) is 7.24. The number of hydrogen-bond donors (Lipinski definition) is 1. The summed E-state index contributed by atoms with van der Waals surface area (Å²) >= 11 is 0. The smallest absolute Gasteiger partial charge is 0.248 e.